The molecule has 0 radical (unpaired) electrons. The molecule has 1 aliphatic heterocycles. The first-order valence-corrected chi connectivity index (χ1v) is 10.4. The predicted octanol–water partition coefficient (Wildman–Crippen LogP) is 5.05. The van der Waals surface area contributed by atoms with Crippen LogP contribution in [0.2, 0.25) is 5.02 Å². The van der Waals surface area contributed by atoms with Gasteiger partial charge in [0.05, 0.1) is 17.3 Å². The van der Waals surface area contributed by atoms with Gasteiger partial charge in [0, 0.05) is 36.3 Å². The molecule has 0 aliphatic carbocycles. The molecule has 2 aromatic carbocycles. The number of amides is 1. The maximum Gasteiger partial charge on any atom is 0.265 e. The van der Waals surface area contributed by atoms with Crippen LogP contribution in [-0.4, -0.2) is 43.6 Å². The Balaban J connectivity index is 1.50. The second-order valence-corrected chi connectivity index (χ2v) is 8.00. The molecule has 0 saturated carbocycles. The number of hydrogen-bond acceptors (Lipinski definition) is 4. The lowest BCUT2D eigenvalue weighted by Crippen LogP contribution is -2.48. The molecule has 1 aromatic heterocycles. The van der Waals surface area contributed by atoms with Gasteiger partial charge in [0.1, 0.15) is 16.4 Å². The average molecular weight is 419 g/mol. The minimum Gasteiger partial charge on any atom is -0.492 e. The highest BCUT2D eigenvalue weighted by molar-refractivity contribution is 7.21. The summed E-state index contributed by atoms with van der Waals surface area (Å²) in [5, 5.41) is 1.13. The average Bonchev–Trinajstić information content (AvgIpc) is 3.04. The van der Waals surface area contributed by atoms with Crippen LogP contribution < -0.4 is 9.64 Å². The summed E-state index contributed by atoms with van der Waals surface area (Å²) in [6.45, 7) is 5.20. The van der Waals surface area contributed by atoms with E-state index in [1.54, 1.807) is 6.07 Å². The number of hydrogen-bond donors (Lipinski definition) is 0. The van der Waals surface area contributed by atoms with Crippen LogP contribution in [0.1, 0.15) is 16.6 Å². The van der Waals surface area contributed by atoms with Crippen molar-refractivity contribution in [3.63, 3.8) is 0 Å². The maximum absolute atomic E-state index is 13.5. The van der Waals surface area contributed by atoms with E-state index in [1.807, 2.05) is 36.1 Å². The number of carbonyl (C=O) groups is 1. The summed E-state index contributed by atoms with van der Waals surface area (Å²) in [6.07, 6.45) is 0. The third-order valence-electron chi connectivity index (χ3n) is 4.86. The van der Waals surface area contributed by atoms with Crippen molar-refractivity contribution < 1.29 is 13.9 Å². The molecule has 4 nitrogen and oxygen atoms in total. The van der Waals surface area contributed by atoms with Crippen molar-refractivity contribution in [3.8, 4) is 5.75 Å². The first kappa shape index (κ1) is 19.0. The van der Waals surface area contributed by atoms with Crippen molar-refractivity contribution >= 4 is 44.6 Å². The van der Waals surface area contributed by atoms with Gasteiger partial charge in [-0.15, -0.1) is 11.3 Å². The maximum atomic E-state index is 13.5. The molecule has 0 spiro atoms. The van der Waals surface area contributed by atoms with Crippen LogP contribution >= 0.6 is 22.9 Å². The summed E-state index contributed by atoms with van der Waals surface area (Å²) in [4.78, 5) is 17.5. The molecule has 3 aromatic rings. The summed E-state index contributed by atoms with van der Waals surface area (Å²) < 4.78 is 19.9. The molecule has 146 valence electrons. The van der Waals surface area contributed by atoms with E-state index in [4.69, 9.17) is 16.3 Å². The van der Waals surface area contributed by atoms with Gasteiger partial charge in [-0.05, 0) is 37.3 Å². The van der Waals surface area contributed by atoms with Crippen molar-refractivity contribution in [1.82, 2.24) is 4.90 Å². The molecule has 1 aliphatic rings. The zero-order chi connectivity index (χ0) is 19.7. The molecule has 28 heavy (non-hydrogen) atoms. The molecular weight excluding hydrogens is 399 g/mol. The molecule has 1 fully saturated rings. The highest BCUT2D eigenvalue weighted by Gasteiger charge is 2.27. The van der Waals surface area contributed by atoms with Gasteiger partial charge in [-0.2, -0.15) is 0 Å². The van der Waals surface area contributed by atoms with Gasteiger partial charge in [-0.25, -0.2) is 4.39 Å². The predicted molar refractivity (Wildman–Crippen MR) is 113 cm³/mol. The highest BCUT2D eigenvalue weighted by Crippen LogP contribution is 2.37. The molecule has 0 unspecified atom stereocenters. The molecule has 1 saturated heterocycles. The van der Waals surface area contributed by atoms with Crippen LogP contribution in [0.3, 0.4) is 0 Å². The van der Waals surface area contributed by atoms with Crippen LogP contribution in [0.5, 0.6) is 5.75 Å². The second-order valence-electron chi connectivity index (χ2n) is 6.57. The number of rotatable bonds is 4. The molecule has 1 amide bonds. The number of anilines is 1. The van der Waals surface area contributed by atoms with Gasteiger partial charge < -0.3 is 14.5 Å². The Morgan fingerprint density at radius 1 is 1.18 bits per heavy atom. The van der Waals surface area contributed by atoms with Crippen LogP contribution in [0.4, 0.5) is 10.1 Å². The van der Waals surface area contributed by atoms with Crippen molar-refractivity contribution in [2.24, 2.45) is 0 Å². The third kappa shape index (κ3) is 3.54. The minimum atomic E-state index is -0.328. The van der Waals surface area contributed by atoms with Gasteiger partial charge >= 0.3 is 0 Å². The molecule has 0 N–H and O–H groups in total. The fourth-order valence-electron chi connectivity index (χ4n) is 3.47. The third-order valence-corrected chi connectivity index (χ3v) is 6.50. The zero-order valence-corrected chi connectivity index (χ0v) is 17.0. The molecule has 2 heterocycles. The monoisotopic (exact) mass is 418 g/mol. The Labute approximate surface area is 172 Å². The van der Waals surface area contributed by atoms with E-state index in [2.05, 4.69) is 4.90 Å². The lowest BCUT2D eigenvalue weighted by molar-refractivity contribution is 0.0752. The van der Waals surface area contributed by atoms with Gasteiger partial charge in [-0.3, -0.25) is 4.79 Å². The van der Waals surface area contributed by atoms with E-state index >= 15 is 0 Å². The number of ether oxygens (including phenoxy) is 1. The van der Waals surface area contributed by atoms with E-state index in [9.17, 15) is 9.18 Å². The second kappa shape index (κ2) is 7.97. The summed E-state index contributed by atoms with van der Waals surface area (Å²) in [7, 11) is 0. The Bertz CT molecular complexity index is 1010. The van der Waals surface area contributed by atoms with E-state index in [0.717, 1.165) is 16.8 Å². The number of piperazine rings is 1. The number of benzene rings is 2. The fourth-order valence-corrected chi connectivity index (χ4v) is 4.97. The Hall–Kier alpha value is -2.31. The first-order chi connectivity index (χ1) is 13.6. The van der Waals surface area contributed by atoms with Crippen molar-refractivity contribution in [1.29, 1.82) is 0 Å². The number of carbonyl (C=O) groups excluding carboxylic acids is 1. The zero-order valence-electron chi connectivity index (χ0n) is 15.5. The highest BCUT2D eigenvalue weighted by atomic mass is 35.5. The SMILES string of the molecule is CCOc1ccccc1N1CCN(C(=O)c2sc3cc(F)ccc3c2Cl)CC1. The molecule has 0 bridgehead atoms. The molecule has 7 heteroatoms. The number of nitrogens with zero attached hydrogens (tertiary/aromatic N) is 2. The van der Waals surface area contributed by atoms with Gasteiger partial charge in [0.15, 0.2) is 0 Å². The summed E-state index contributed by atoms with van der Waals surface area (Å²) in [5.74, 6) is 0.440. The fraction of sp³-hybridized carbons (Fsp3) is 0.286. The van der Waals surface area contributed by atoms with Crippen LogP contribution in [0.15, 0.2) is 42.5 Å². The number of para-hydroxylation sites is 2. The summed E-state index contributed by atoms with van der Waals surface area (Å²) >= 11 is 7.67. The Morgan fingerprint density at radius 3 is 2.68 bits per heavy atom. The van der Waals surface area contributed by atoms with Gasteiger partial charge in [0.2, 0.25) is 0 Å². The lowest BCUT2D eigenvalue weighted by atomic mass is 10.2. The van der Waals surface area contributed by atoms with E-state index in [1.165, 1.54) is 23.5 Å². The topological polar surface area (TPSA) is 32.8 Å². The standard InChI is InChI=1S/C21H20ClFN2O2S/c1-2-27-17-6-4-3-5-16(17)24-9-11-25(12-10-24)21(26)20-19(22)15-8-7-14(23)13-18(15)28-20/h3-8,13H,2,9-12H2,1H3. The molecular formula is C21H20ClFN2O2S. The largest absolute Gasteiger partial charge is 0.492 e. The Morgan fingerprint density at radius 2 is 1.93 bits per heavy atom. The van der Waals surface area contributed by atoms with E-state index in [-0.39, 0.29) is 11.7 Å². The van der Waals surface area contributed by atoms with E-state index in [0.29, 0.717) is 47.4 Å². The molecule has 0 atom stereocenters. The quantitative estimate of drug-likeness (QED) is 0.594. The van der Waals surface area contributed by atoms with Crippen LogP contribution in [0, 0.1) is 5.82 Å². The van der Waals surface area contributed by atoms with Crippen molar-refractivity contribution in [3.05, 3.63) is 58.2 Å². The summed E-state index contributed by atoms with van der Waals surface area (Å²) in [6, 6.07) is 12.4. The summed E-state index contributed by atoms with van der Waals surface area (Å²) in [5.41, 5.74) is 1.05. The Kier molecular flexibility index (Phi) is 5.42. The lowest BCUT2D eigenvalue weighted by Gasteiger charge is -2.36. The van der Waals surface area contributed by atoms with Crippen molar-refractivity contribution in [2.45, 2.75) is 6.92 Å². The first-order valence-electron chi connectivity index (χ1n) is 9.22. The molecule has 4 rings (SSSR count). The van der Waals surface area contributed by atoms with E-state index < -0.39 is 0 Å². The van der Waals surface area contributed by atoms with Crippen LogP contribution in [0.25, 0.3) is 10.1 Å². The number of thiophene rings is 1. The van der Waals surface area contributed by atoms with Crippen molar-refractivity contribution in [2.75, 3.05) is 37.7 Å². The number of fused-ring (bicyclic) bond motifs is 1. The van der Waals surface area contributed by atoms with Crippen LogP contribution in [-0.2, 0) is 0 Å². The normalized spacial score (nSPS) is 14.5. The smallest absolute Gasteiger partial charge is 0.265 e. The minimum absolute atomic E-state index is 0.0932. The van der Waals surface area contributed by atoms with Gasteiger partial charge in [-0.1, -0.05) is 23.7 Å². The van der Waals surface area contributed by atoms with Gasteiger partial charge in [0.25, 0.3) is 5.91 Å². The number of halogens is 2.